The van der Waals surface area contributed by atoms with Crippen molar-refractivity contribution < 1.29 is 19.2 Å². The van der Waals surface area contributed by atoms with Crippen molar-refractivity contribution in [3.63, 3.8) is 0 Å². The Morgan fingerprint density at radius 1 is 1.30 bits per heavy atom. The summed E-state index contributed by atoms with van der Waals surface area (Å²) in [4.78, 5) is 33.0. The molecular formula is C18H20N4O5. The van der Waals surface area contributed by atoms with E-state index in [4.69, 9.17) is 9.47 Å². The molecule has 142 valence electrons. The van der Waals surface area contributed by atoms with Gasteiger partial charge in [0.05, 0.1) is 12.0 Å². The molecule has 2 heterocycles. The van der Waals surface area contributed by atoms with Gasteiger partial charge in [-0.1, -0.05) is 6.07 Å². The maximum atomic E-state index is 12.7. The number of likely N-dealkylation sites (tertiary alicyclic amines) is 1. The zero-order valence-electron chi connectivity index (χ0n) is 15.1. The fourth-order valence-corrected chi connectivity index (χ4v) is 2.96. The molecule has 1 aromatic heterocycles. The third kappa shape index (κ3) is 4.30. The average Bonchev–Trinajstić information content (AvgIpc) is 2.68. The number of carbonyl (C=O) groups is 1. The molecular weight excluding hydrogens is 352 g/mol. The Bertz CT molecular complexity index is 849. The van der Waals surface area contributed by atoms with Gasteiger partial charge < -0.3 is 14.4 Å². The van der Waals surface area contributed by atoms with E-state index in [-0.39, 0.29) is 23.7 Å². The van der Waals surface area contributed by atoms with Crippen LogP contribution in [0.2, 0.25) is 0 Å². The van der Waals surface area contributed by atoms with Gasteiger partial charge in [0, 0.05) is 55.4 Å². The molecule has 1 amide bonds. The minimum Gasteiger partial charge on any atom is -0.474 e. The summed E-state index contributed by atoms with van der Waals surface area (Å²) < 4.78 is 10.8. The maximum absolute atomic E-state index is 12.7. The molecule has 0 saturated carbocycles. The first-order valence-corrected chi connectivity index (χ1v) is 8.56. The molecule has 1 aliphatic rings. The van der Waals surface area contributed by atoms with E-state index in [2.05, 4.69) is 9.97 Å². The Balaban J connectivity index is 1.61. The minimum atomic E-state index is -0.470. The molecule has 0 aliphatic carbocycles. The number of hydrogen-bond donors (Lipinski definition) is 0. The van der Waals surface area contributed by atoms with Crippen LogP contribution in [0.25, 0.3) is 0 Å². The monoisotopic (exact) mass is 372 g/mol. The lowest BCUT2D eigenvalue weighted by Crippen LogP contribution is -2.41. The summed E-state index contributed by atoms with van der Waals surface area (Å²) in [5.74, 6) is 0.223. The summed E-state index contributed by atoms with van der Waals surface area (Å²) in [5.41, 5.74) is 0.813. The van der Waals surface area contributed by atoms with E-state index in [1.807, 2.05) is 0 Å². The van der Waals surface area contributed by atoms with Crippen molar-refractivity contribution >= 4 is 11.6 Å². The largest absolute Gasteiger partial charge is 0.474 e. The number of nitrogens with zero attached hydrogens (tertiary/aromatic N) is 4. The molecule has 0 atom stereocenters. The van der Waals surface area contributed by atoms with Gasteiger partial charge in [-0.15, -0.1) is 0 Å². The molecule has 0 bridgehead atoms. The highest BCUT2D eigenvalue weighted by Crippen LogP contribution is 2.23. The summed E-state index contributed by atoms with van der Waals surface area (Å²) in [7, 11) is 1.48. The molecule has 0 N–H and O–H groups in total. The summed E-state index contributed by atoms with van der Waals surface area (Å²) in [6.07, 6.45) is 2.78. The predicted octanol–water partition coefficient (Wildman–Crippen LogP) is 2.39. The number of ether oxygens (including phenoxy) is 2. The zero-order chi connectivity index (χ0) is 19.4. The van der Waals surface area contributed by atoms with Gasteiger partial charge in [-0.3, -0.25) is 14.9 Å². The third-order valence-electron chi connectivity index (χ3n) is 4.46. The number of aromatic nitrogens is 2. The predicted molar refractivity (Wildman–Crippen MR) is 96.0 cm³/mol. The van der Waals surface area contributed by atoms with Gasteiger partial charge in [-0.05, 0) is 13.0 Å². The number of nitro benzene ring substituents is 1. The normalized spacial score (nSPS) is 14.7. The minimum absolute atomic E-state index is 0.0446. The van der Waals surface area contributed by atoms with Crippen LogP contribution in [0.5, 0.6) is 11.9 Å². The number of benzene rings is 1. The summed E-state index contributed by atoms with van der Waals surface area (Å²) >= 11 is 0. The molecule has 3 rings (SSSR count). The van der Waals surface area contributed by atoms with Crippen LogP contribution in [0.4, 0.5) is 5.69 Å². The third-order valence-corrected chi connectivity index (χ3v) is 4.46. The Labute approximate surface area is 156 Å². The fraction of sp³-hybridized carbons (Fsp3) is 0.389. The molecule has 1 saturated heterocycles. The van der Waals surface area contributed by atoms with E-state index in [0.717, 1.165) is 0 Å². The van der Waals surface area contributed by atoms with E-state index in [1.54, 1.807) is 36.2 Å². The molecule has 9 nitrogen and oxygen atoms in total. The molecule has 1 aliphatic heterocycles. The lowest BCUT2D eigenvalue weighted by molar-refractivity contribution is -0.385. The van der Waals surface area contributed by atoms with Crippen LogP contribution in [-0.4, -0.2) is 52.0 Å². The molecule has 27 heavy (non-hydrogen) atoms. The maximum Gasteiger partial charge on any atom is 0.319 e. The zero-order valence-corrected chi connectivity index (χ0v) is 15.1. The molecule has 0 unspecified atom stereocenters. The second-order valence-electron chi connectivity index (χ2n) is 6.25. The Morgan fingerprint density at radius 2 is 2.04 bits per heavy atom. The van der Waals surface area contributed by atoms with Crippen molar-refractivity contribution in [2.45, 2.75) is 25.9 Å². The van der Waals surface area contributed by atoms with E-state index < -0.39 is 4.92 Å². The average molecular weight is 372 g/mol. The van der Waals surface area contributed by atoms with Crippen molar-refractivity contribution in [2.75, 3.05) is 20.2 Å². The standard InChI is InChI=1S/C18H20N4O5/c1-12-3-4-13(11-15(12)22(24)25)17(23)21-9-6-14(7-10-21)27-16-5-8-19-18(20-16)26-2/h3-5,8,11,14H,6-7,9-10H2,1-2H3. The van der Waals surface area contributed by atoms with E-state index >= 15 is 0 Å². The molecule has 9 heteroatoms. The first-order chi connectivity index (χ1) is 13.0. The molecule has 2 aromatic rings. The highest BCUT2D eigenvalue weighted by atomic mass is 16.6. The van der Waals surface area contributed by atoms with Gasteiger partial charge in [0.25, 0.3) is 11.6 Å². The van der Waals surface area contributed by atoms with Gasteiger partial charge >= 0.3 is 6.01 Å². The number of methoxy groups -OCH3 is 1. The molecule has 1 aromatic carbocycles. The van der Waals surface area contributed by atoms with E-state index in [9.17, 15) is 14.9 Å². The van der Waals surface area contributed by atoms with E-state index in [0.29, 0.717) is 42.9 Å². The number of amides is 1. The van der Waals surface area contributed by atoms with Crippen molar-refractivity contribution in [3.8, 4) is 11.9 Å². The summed E-state index contributed by atoms with van der Waals surface area (Å²) in [6, 6.07) is 6.46. The lowest BCUT2D eigenvalue weighted by Gasteiger charge is -2.32. The van der Waals surface area contributed by atoms with Gasteiger partial charge in [-0.2, -0.15) is 4.98 Å². The van der Waals surface area contributed by atoms with Crippen molar-refractivity contribution in [1.29, 1.82) is 0 Å². The van der Waals surface area contributed by atoms with Crippen molar-refractivity contribution in [2.24, 2.45) is 0 Å². The van der Waals surface area contributed by atoms with Crippen LogP contribution in [0, 0.1) is 17.0 Å². The number of rotatable bonds is 5. The van der Waals surface area contributed by atoms with Gasteiger partial charge in [0.2, 0.25) is 5.88 Å². The smallest absolute Gasteiger partial charge is 0.319 e. The summed E-state index contributed by atoms with van der Waals surface area (Å²) in [6.45, 7) is 2.66. The van der Waals surface area contributed by atoms with Gasteiger partial charge in [-0.25, -0.2) is 4.98 Å². The number of carbonyl (C=O) groups excluding carboxylic acids is 1. The highest BCUT2D eigenvalue weighted by Gasteiger charge is 2.26. The highest BCUT2D eigenvalue weighted by molar-refractivity contribution is 5.95. The van der Waals surface area contributed by atoms with Crippen molar-refractivity contribution in [1.82, 2.24) is 14.9 Å². The SMILES string of the molecule is COc1nccc(OC2CCN(C(=O)c3ccc(C)c([N+](=O)[O-])c3)CC2)n1. The van der Waals surface area contributed by atoms with Crippen molar-refractivity contribution in [3.05, 3.63) is 51.7 Å². The first-order valence-electron chi connectivity index (χ1n) is 8.56. The number of aryl methyl sites for hydroxylation is 1. The molecule has 0 spiro atoms. The number of hydrogen-bond acceptors (Lipinski definition) is 7. The van der Waals surface area contributed by atoms with Crippen LogP contribution >= 0.6 is 0 Å². The van der Waals surface area contributed by atoms with Gasteiger partial charge in [0.15, 0.2) is 0 Å². The fourth-order valence-electron chi connectivity index (χ4n) is 2.96. The van der Waals surface area contributed by atoms with Crippen LogP contribution in [0.3, 0.4) is 0 Å². The van der Waals surface area contributed by atoms with Crippen LogP contribution in [-0.2, 0) is 0 Å². The van der Waals surface area contributed by atoms with Gasteiger partial charge in [0.1, 0.15) is 6.10 Å². The topological polar surface area (TPSA) is 108 Å². The molecule has 0 radical (unpaired) electrons. The second-order valence-corrected chi connectivity index (χ2v) is 6.25. The Kier molecular flexibility index (Phi) is 5.49. The quantitative estimate of drug-likeness (QED) is 0.586. The number of piperidine rings is 1. The van der Waals surface area contributed by atoms with E-state index in [1.165, 1.54) is 13.2 Å². The van der Waals surface area contributed by atoms with Crippen LogP contribution in [0.1, 0.15) is 28.8 Å². The Hall–Kier alpha value is -3.23. The second kappa shape index (κ2) is 7.98. The van der Waals surface area contributed by atoms with Crippen LogP contribution < -0.4 is 9.47 Å². The van der Waals surface area contributed by atoms with Crippen LogP contribution in [0.15, 0.2) is 30.5 Å². The number of nitro groups is 1. The first kappa shape index (κ1) is 18.6. The summed E-state index contributed by atoms with van der Waals surface area (Å²) in [5, 5.41) is 11.1. The lowest BCUT2D eigenvalue weighted by atomic mass is 10.0. The Morgan fingerprint density at radius 3 is 2.70 bits per heavy atom. The molecule has 1 fully saturated rings.